The van der Waals surface area contributed by atoms with Crippen LogP contribution < -0.4 is 0 Å². The molecule has 7 nitrogen and oxygen atoms in total. The molecule has 5 heterocycles. The lowest BCUT2D eigenvalue weighted by atomic mass is 9.69. The van der Waals surface area contributed by atoms with Gasteiger partial charge in [-0.25, -0.2) is 0 Å². The first-order valence-electron chi connectivity index (χ1n) is 9.26. The van der Waals surface area contributed by atoms with Gasteiger partial charge >= 0.3 is 5.97 Å². The van der Waals surface area contributed by atoms with Crippen LogP contribution in [0.3, 0.4) is 0 Å². The normalized spacial score (nSPS) is 44.6. The fourth-order valence-corrected chi connectivity index (χ4v) is 5.77. The molecule has 3 fully saturated rings. The molecule has 4 aliphatic rings. The molecule has 1 aromatic heterocycles. The summed E-state index contributed by atoms with van der Waals surface area (Å²) in [7, 11) is 1.32. The van der Waals surface area contributed by atoms with Gasteiger partial charge in [-0.15, -0.1) is 0 Å². The number of esters is 1. The van der Waals surface area contributed by atoms with Gasteiger partial charge in [-0.1, -0.05) is 26.0 Å². The van der Waals surface area contributed by atoms with Crippen molar-refractivity contribution in [3.05, 3.63) is 36.3 Å². The van der Waals surface area contributed by atoms with Gasteiger partial charge in [-0.3, -0.25) is 14.4 Å². The number of fused-ring (bicyclic) bond motifs is 2. The minimum absolute atomic E-state index is 0.0717. The van der Waals surface area contributed by atoms with Gasteiger partial charge in [-0.05, 0) is 12.1 Å². The highest BCUT2D eigenvalue weighted by Crippen LogP contribution is 2.60. The number of ether oxygens (including phenoxy) is 2. The SMILES string of the molecule is COC(=O)[C@H]1[C@H]2C(=O)N3[C@@H](c4ccco4)[C@@H](C)C(=O)[C@H](C)[C@@H]3[C@]23C=C[C@H]1O3. The Morgan fingerprint density at radius 2 is 2.04 bits per heavy atom. The van der Waals surface area contributed by atoms with E-state index in [2.05, 4.69) is 0 Å². The number of methoxy groups -OCH3 is 1. The Hall–Kier alpha value is -2.41. The summed E-state index contributed by atoms with van der Waals surface area (Å²) in [6.45, 7) is 3.67. The number of hydrogen-bond acceptors (Lipinski definition) is 6. The lowest BCUT2D eigenvalue weighted by molar-refractivity contribution is -0.157. The molecule has 3 saturated heterocycles. The summed E-state index contributed by atoms with van der Waals surface area (Å²) in [6, 6.07) is 2.56. The Morgan fingerprint density at radius 3 is 2.70 bits per heavy atom. The molecule has 1 spiro atoms. The summed E-state index contributed by atoms with van der Waals surface area (Å²) in [5.74, 6) is -2.15. The van der Waals surface area contributed by atoms with Gasteiger partial charge in [0.1, 0.15) is 23.1 Å². The van der Waals surface area contributed by atoms with E-state index in [-0.39, 0.29) is 11.7 Å². The van der Waals surface area contributed by atoms with E-state index in [1.54, 1.807) is 23.3 Å². The number of furan rings is 1. The third-order valence-electron chi connectivity index (χ3n) is 6.82. The largest absolute Gasteiger partial charge is 0.469 e. The van der Waals surface area contributed by atoms with Crippen molar-refractivity contribution >= 4 is 17.7 Å². The van der Waals surface area contributed by atoms with Crippen molar-refractivity contribution in [3.8, 4) is 0 Å². The van der Waals surface area contributed by atoms with Gasteiger partial charge in [0, 0.05) is 11.8 Å². The van der Waals surface area contributed by atoms with Crippen LogP contribution in [-0.4, -0.2) is 47.4 Å². The van der Waals surface area contributed by atoms with Gasteiger partial charge in [0.05, 0.1) is 37.5 Å². The zero-order valence-electron chi connectivity index (χ0n) is 15.3. The first kappa shape index (κ1) is 16.7. The van der Waals surface area contributed by atoms with Crippen LogP contribution >= 0.6 is 0 Å². The predicted octanol–water partition coefficient (Wildman–Crippen LogP) is 1.50. The van der Waals surface area contributed by atoms with E-state index in [9.17, 15) is 14.4 Å². The highest BCUT2D eigenvalue weighted by Gasteiger charge is 2.75. The quantitative estimate of drug-likeness (QED) is 0.578. The maximum Gasteiger partial charge on any atom is 0.312 e. The third-order valence-corrected chi connectivity index (χ3v) is 6.82. The molecule has 4 aliphatic heterocycles. The molecular weight excluding hydrogens is 350 g/mol. The molecule has 1 aromatic rings. The van der Waals surface area contributed by atoms with Crippen molar-refractivity contribution in [2.24, 2.45) is 23.7 Å². The Bertz CT molecular complexity index is 860. The zero-order chi connectivity index (χ0) is 19.1. The molecule has 0 aliphatic carbocycles. The van der Waals surface area contributed by atoms with Crippen molar-refractivity contribution in [1.29, 1.82) is 0 Å². The number of rotatable bonds is 2. The maximum atomic E-state index is 13.6. The maximum absolute atomic E-state index is 13.6. The second-order valence-corrected chi connectivity index (χ2v) is 7.95. The number of carbonyl (C=O) groups excluding carboxylic acids is 3. The number of ketones is 1. The van der Waals surface area contributed by atoms with Crippen LogP contribution in [0.4, 0.5) is 0 Å². The van der Waals surface area contributed by atoms with Crippen LogP contribution in [-0.2, 0) is 23.9 Å². The summed E-state index contributed by atoms with van der Waals surface area (Å²) in [4.78, 5) is 40.8. The second kappa shape index (κ2) is 5.32. The number of nitrogens with zero attached hydrogens (tertiary/aromatic N) is 1. The average molecular weight is 371 g/mol. The summed E-state index contributed by atoms with van der Waals surface area (Å²) in [5, 5.41) is 0. The molecule has 0 N–H and O–H groups in total. The number of carbonyl (C=O) groups is 3. The van der Waals surface area contributed by atoms with Gasteiger partial charge < -0.3 is 18.8 Å². The standard InChI is InChI=1S/C20H21NO6/c1-9-15(12-5-4-8-26-12)21-17(10(2)16(9)22)20-7-6-11(27-20)13(19(24)25-3)14(20)18(21)23/h4-11,13-15,17H,1-3H3/t9-,10+,11-,13-,14+,15-,17-,20+/m1/s1. The van der Waals surface area contributed by atoms with E-state index in [1.807, 2.05) is 26.0 Å². The molecule has 27 heavy (non-hydrogen) atoms. The lowest BCUT2D eigenvalue weighted by Crippen LogP contribution is -2.58. The third kappa shape index (κ3) is 1.83. The summed E-state index contributed by atoms with van der Waals surface area (Å²) in [5.41, 5.74) is -0.972. The molecule has 0 saturated carbocycles. The number of piperidine rings is 1. The number of Topliss-reactive ketones (excluding diaryl/α,β-unsaturated/α-hetero) is 1. The molecule has 0 radical (unpaired) electrons. The molecule has 5 rings (SSSR count). The molecule has 1 amide bonds. The lowest BCUT2D eigenvalue weighted by Gasteiger charge is -2.46. The van der Waals surface area contributed by atoms with Gasteiger partial charge in [0.15, 0.2) is 0 Å². The molecule has 142 valence electrons. The average Bonchev–Trinajstić information content (AvgIpc) is 3.42. The van der Waals surface area contributed by atoms with Crippen LogP contribution in [0.2, 0.25) is 0 Å². The monoisotopic (exact) mass is 371 g/mol. The van der Waals surface area contributed by atoms with Gasteiger partial charge in [0.25, 0.3) is 0 Å². The van der Waals surface area contributed by atoms with Crippen molar-refractivity contribution in [2.75, 3.05) is 7.11 Å². The zero-order valence-corrected chi connectivity index (χ0v) is 15.3. The minimum Gasteiger partial charge on any atom is -0.469 e. The molecule has 0 aromatic carbocycles. The fourth-order valence-electron chi connectivity index (χ4n) is 5.77. The highest BCUT2D eigenvalue weighted by molar-refractivity contribution is 5.96. The number of hydrogen-bond donors (Lipinski definition) is 0. The molecule has 8 atom stereocenters. The second-order valence-electron chi connectivity index (χ2n) is 7.95. The highest BCUT2D eigenvalue weighted by atomic mass is 16.5. The Labute approximate surface area is 156 Å². The smallest absolute Gasteiger partial charge is 0.312 e. The van der Waals surface area contributed by atoms with Crippen LogP contribution in [0.1, 0.15) is 25.6 Å². The Morgan fingerprint density at radius 1 is 1.26 bits per heavy atom. The fraction of sp³-hybridized carbons (Fsp3) is 0.550. The molecule has 7 heteroatoms. The van der Waals surface area contributed by atoms with Gasteiger partial charge in [0.2, 0.25) is 5.91 Å². The molecule has 2 bridgehead atoms. The van der Waals surface area contributed by atoms with Crippen molar-refractivity contribution in [3.63, 3.8) is 0 Å². The topological polar surface area (TPSA) is 86.1 Å². The van der Waals surface area contributed by atoms with E-state index in [4.69, 9.17) is 13.9 Å². The number of amides is 1. The minimum atomic E-state index is -0.972. The van der Waals surface area contributed by atoms with Crippen LogP contribution in [0.15, 0.2) is 35.0 Å². The summed E-state index contributed by atoms with van der Waals surface area (Å²) in [6.07, 6.45) is 4.76. The summed E-state index contributed by atoms with van der Waals surface area (Å²) >= 11 is 0. The van der Waals surface area contributed by atoms with Crippen molar-refractivity contribution < 1.29 is 28.3 Å². The molecule has 0 unspecified atom stereocenters. The van der Waals surface area contributed by atoms with E-state index >= 15 is 0 Å². The van der Waals surface area contributed by atoms with Crippen LogP contribution in [0.5, 0.6) is 0 Å². The Balaban J connectivity index is 1.67. The molecular formula is C20H21NO6. The van der Waals surface area contributed by atoms with Crippen LogP contribution in [0.25, 0.3) is 0 Å². The van der Waals surface area contributed by atoms with E-state index in [1.165, 1.54) is 7.11 Å². The summed E-state index contributed by atoms with van der Waals surface area (Å²) < 4.78 is 16.8. The Kier molecular flexibility index (Phi) is 3.30. The van der Waals surface area contributed by atoms with E-state index < -0.39 is 53.4 Å². The first-order valence-corrected chi connectivity index (χ1v) is 9.26. The van der Waals surface area contributed by atoms with Crippen molar-refractivity contribution in [2.45, 2.75) is 37.6 Å². The first-order chi connectivity index (χ1) is 12.9. The van der Waals surface area contributed by atoms with Crippen LogP contribution in [0, 0.1) is 23.7 Å². The van der Waals surface area contributed by atoms with Crippen molar-refractivity contribution in [1.82, 2.24) is 4.90 Å². The van der Waals surface area contributed by atoms with Gasteiger partial charge in [-0.2, -0.15) is 0 Å². The predicted molar refractivity (Wildman–Crippen MR) is 91.2 cm³/mol. The van der Waals surface area contributed by atoms with E-state index in [0.717, 1.165) is 0 Å². The van der Waals surface area contributed by atoms with E-state index in [0.29, 0.717) is 5.76 Å².